The maximum absolute atomic E-state index is 11.1. The van der Waals surface area contributed by atoms with Gasteiger partial charge in [-0.05, 0) is 67.6 Å². The van der Waals surface area contributed by atoms with Crippen LogP contribution in [-0.2, 0) is 4.79 Å². The van der Waals surface area contributed by atoms with Crippen molar-refractivity contribution >= 4 is 5.97 Å². The summed E-state index contributed by atoms with van der Waals surface area (Å²) in [5.41, 5.74) is 0.360. The molecule has 4 rings (SSSR count). The molecule has 3 nitrogen and oxygen atoms in total. The molecule has 0 saturated heterocycles. The van der Waals surface area contributed by atoms with Crippen LogP contribution in [0.5, 0.6) is 0 Å². The molecular weight excluding hydrogens is 216 g/mol. The normalized spacial score (nSPS) is 47.4. The summed E-state index contributed by atoms with van der Waals surface area (Å²) in [6.45, 7) is 0.266. The Labute approximate surface area is 102 Å². The third kappa shape index (κ3) is 1.88. The molecule has 4 fully saturated rings. The molecule has 17 heavy (non-hydrogen) atoms. The Morgan fingerprint density at radius 3 is 2.24 bits per heavy atom. The van der Waals surface area contributed by atoms with E-state index < -0.39 is 5.97 Å². The van der Waals surface area contributed by atoms with Gasteiger partial charge in [0.2, 0.25) is 0 Å². The van der Waals surface area contributed by atoms with Gasteiger partial charge in [0, 0.05) is 6.61 Å². The zero-order valence-corrected chi connectivity index (χ0v) is 10.3. The summed E-state index contributed by atoms with van der Waals surface area (Å²) in [6.07, 6.45) is 8.35. The van der Waals surface area contributed by atoms with Crippen molar-refractivity contribution in [1.29, 1.82) is 0 Å². The molecule has 0 aromatic rings. The molecule has 3 heteroatoms. The van der Waals surface area contributed by atoms with Crippen molar-refractivity contribution in [3.05, 3.63) is 0 Å². The topological polar surface area (TPSA) is 57.5 Å². The zero-order chi connectivity index (χ0) is 12.1. The number of carboxylic acid groups (broad SMARTS) is 1. The smallest absolute Gasteiger partial charge is 0.303 e. The van der Waals surface area contributed by atoms with Crippen LogP contribution in [-0.4, -0.2) is 22.8 Å². The van der Waals surface area contributed by atoms with Gasteiger partial charge >= 0.3 is 5.97 Å². The molecular formula is C14H22O3. The predicted molar refractivity (Wildman–Crippen MR) is 63.5 cm³/mol. The van der Waals surface area contributed by atoms with E-state index in [1.807, 2.05) is 0 Å². The second-order valence-electron chi connectivity index (χ2n) is 7.01. The maximum atomic E-state index is 11.1. The van der Waals surface area contributed by atoms with Crippen molar-refractivity contribution in [3.8, 4) is 0 Å². The number of rotatable bonds is 4. The molecule has 0 aromatic heterocycles. The molecule has 96 valence electrons. The average molecular weight is 238 g/mol. The van der Waals surface area contributed by atoms with Crippen LogP contribution in [0, 0.1) is 22.7 Å². The second kappa shape index (κ2) is 3.71. The summed E-state index contributed by atoms with van der Waals surface area (Å²) in [5.74, 6) is 0.843. The third-order valence-electron chi connectivity index (χ3n) is 5.47. The Kier molecular flexibility index (Phi) is 2.51. The first-order valence-electron chi connectivity index (χ1n) is 6.88. The number of carbonyl (C=O) groups is 1. The van der Waals surface area contributed by atoms with Crippen molar-refractivity contribution in [2.24, 2.45) is 22.7 Å². The van der Waals surface area contributed by atoms with E-state index in [0.29, 0.717) is 6.42 Å². The SMILES string of the molecule is O=C(O)CC12CC3CC(CC(CCO)(C3)C1)C2. The quantitative estimate of drug-likeness (QED) is 0.791. The van der Waals surface area contributed by atoms with Crippen molar-refractivity contribution in [1.82, 2.24) is 0 Å². The van der Waals surface area contributed by atoms with Crippen LogP contribution >= 0.6 is 0 Å². The Bertz CT molecular complexity index is 322. The van der Waals surface area contributed by atoms with Crippen molar-refractivity contribution in [2.75, 3.05) is 6.61 Å². The predicted octanol–water partition coefficient (Wildman–Crippen LogP) is 2.43. The van der Waals surface area contributed by atoms with Crippen LogP contribution in [0.3, 0.4) is 0 Å². The molecule has 2 unspecified atom stereocenters. The molecule has 2 atom stereocenters. The standard InChI is InChI=1S/C14H22O3/c15-2-1-13-4-10-3-11(5-13)7-14(6-10,9-13)8-12(16)17/h10-11,15H,1-9H2,(H,16,17). The molecule has 2 N–H and O–H groups in total. The Balaban J connectivity index is 1.86. The number of aliphatic carboxylic acids is 1. The lowest BCUT2D eigenvalue weighted by Crippen LogP contribution is -2.52. The number of aliphatic hydroxyl groups excluding tert-OH is 1. The first-order valence-corrected chi connectivity index (χ1v) is 6.88. The van der Waals surface area contributed by atoms with Crippen LogP contribution in [0.4, 0.5) is 0 Å². The van der Waals surface area contributed by atoms with Gasteiger partial charge in [-0.2, -0.15) is 0 Å². The van der Waals surface area contributed by atoms with Crippen LogP contribution in [0.15, 0.2) is 0 Å². The summed E-state index contributed by atoms with van der Waals surface area (Å²) in [7, 11) is 0. The van der Waals surface area contributed by atoms with E-state index in [1.165, 1.54) is 19.3 Å². The number of hydrogen-bond acceptors (Lipinski definition) is 2. The molecule has 0 spiro atoms. The first-order chi connectivity index (χ1) is 8.05. The molecule has 0 amide bonds. The van der Waals surface area contributed by atoms with Gasteiger partial charge in [-0.1, -0.05) is 0 Å². The summed E-state index contributed by atoms with van der Waals surface area (Å²) in [4.78, 5) is 11.1. The van der Waals surface area contributed by atoms with Gasteiger partial charge in [-0.3, -0.25) is 4.79 Å². The van der Waals surface area contributed by atoms with Gasteiger partial charge < -0.3 is 10.2 Å². The van der Waals surface area contributed by atoms with Crippen LogP contribution in [0.1, 0.15) is 51.4 Å². The number of aliphatic hydroxyl groups is 1. The first kappa shape index (κ1) is 11.5. The Morgan fingerprint density at radius 1 is 1.12 bits per heavy atom. The minimum Gasteiger partial charge on any atom is -0.481 e. The summed E-state index contributed by atoms with van der Waals surface area (Å²) >= 11 is 0. The number of carboxylic acids is 1. The van der Waals surface area contributed by atoms with Crippen molar-refractivity contribution in [2.45, 2.75) is 51.4 Å². The van der Waals surface area contributed by atoms with E-state index in [-0.39, 0.29) is 17.4 Å². The minimum atomic E-state index is -0.633. The summed E-state index contributed by atoms with van der Waals surface area (Å²) in [6, 6.07) is 0. The summed E-state index contributed by atoms with van der Waals surface area (Å²) < 4.78 is 0. The van der Waals surface area contributed by atoms with Gasteiger partial charge in [0.25, 0.3) is 0 Å². The highest BCUT2D eigenvalue weighted by atomic mass is 16.4. The molecule has 0 heterocycles. The highest BCUT2D eigenvalue weighted by Gasteiger charge is 2.57. The fourth-order valence-electron chi connectivity index (χ4n) is 5.71. The highest BCUT2D eigenvalue weighted by Crippen LogP contribution is 2.67. The van der Waals surface area contributed by atoms with E-state index in [2.05, 4.69) is 0 Å². The number of hydrogen-bond donors (Lipinski definition) is 2. The van der Waals surface area contributed by atoms with E-state index in [1.54, 1.807) is 0 Å². The third-order valence-corrected chi connectivity index (χ3v) is 5.47. The van der Waals surface area contributed by atoms with E-state index in [4.69, 9.17) is 5.11 Å². The lowest BCUT2D eigenvalue weighted by atomic mass is 9.43. The molecule has 0 radical (unpaired) electrons. The summed E-state index contributed by atoms with van der Waals surface area (Å²) in [5, 5.41) is 18.4. The average Bonchev–Trinajstić information content (AvgIpc) is 2.11. The van der Waals surface area contributed by atoms with Gasteiger partial charge in [0.15, 0.2) is 0 Å². The monoisotopic (exact) mass is 238 g/mol. The molecule has 4 bridgehead atoms. The largest absolute Gasteiger partial charge is 0.481 e. The van der Waals surface area contributed by atoms with Gasteiger partial charge in [-0.25, -0.2) is 0 Å². The zero-order valence-electron chi connectivity index (χ0n) is 10.3. The van der Waals surface area contributed by atoms with Gasteiger partial charge in [0.1, 0.15) is 0 Å². The molecule has 0 aromatic carbocycles. The molecule has 4 aliphatic carbocycles. The van der Waals surface area contributed by atoms with Crippen LogP contribution in [0.2, 0.25) is 0 Å². The fraction of sp³-hybridized carbons (Fsp3) is 0.929. The molecule has 4 aliphatic rings. The van der Waals surface area contributed by atoms with Crippen LogP contribution in [0.25, 0.3) is 0 Å². The molecule has 0 aliphatic heterocycles. The van der Waals surface area contributed by atoms with Crippen LogP contribution < -0.4 is 0 Å². The lowest BCUT2D eigenvalue weighted by molar-refractivity contribution is -0.153. The Hall–Kier alpha value is -0.570. The van der Waals surface area contributed by atoms with E-state index in [9.17, 15) is 9.90 Å². The highest BCUT2D eigenvalue weighted by molar-refractivity contribution is 5.67. The minimum absolute atomic E-state index is 0.0745. The van der Waals surface area contributed by atoms with Gasteiger partial charge in [0.05, 0.1) is 6.42 Å². The molecule has 4 saturated carbocycles. The van der Waals surface area contributed by atoms with E-state index in [0.717, 1.165) is 37.5 Å². The Morgan fingerprint density at radius 2 is 1.71 bits per heavy atom. The van der Waals surface area contributed by atoms with Gasteiger partial charge in [-0.15, -0.1) is 0 Å². The van der Waals surface area contributed by atoms with Crippen molar-refractivity contribution in [3.63, 3.8) is 0 Å². The maximum Gasteiger partial charge on any atom is 0.303 e. The van der Waals surface area contributed by atoms with E-state index >= 15 is 0 Å². The second-order valence-corrected chi connectivity index (χ2v) is 7.01. The fourth-order valence-corrected chi connectivity index (χ4v) is 5.71. The van der Waals surface area contributed by atoms with Crippen molar-refractivity contribution < 1.29 is 15.0 Å². The lowest BCUT2D eigenvalue weighted by Gasteiger charge is -2.62.